The third kappa shape index (κ3) is 14.1. The predicted molar refractivity (Wildman–Crippen MR) is 193 cm³/mol. The van der Waals surface area contributed by atoms with Crippen molar-refractivity contribution in [1.29, 1.82) is 0 Å². The molecule has 0 saturated carbocycles. The molecule has 4 aromatic rings. The van der Waals surface area contributed by atoms with Crippen LogP contribution in [0.15, 0.2) is 89.5 Å². The molecular formula is C38H47N4O9P. The molecule has 4 rings (SSSR count). The third-order valence-corrected chi connectivity index (χ3v) is 9.31. The second kappa shape index (κ2) is 20.9. The van der Waals surface area contributed by atoms with E-state index in [1.807, 2.05) is 60.7 Å². The number of nitrogens with one attached hydrogen (secondary N) is 2. The van der Waals surface area contributed by atoms with Crippen molar-refractivity contribution < 1.29 is 42.1 Å². The average molecular weight is 735 g/mol. The third-order valence-electron chi connectivity index (χ3n) is 7.99. The molecule has 1 heterocycles. The van der Waals surface area contributed by atoms with Crippen LogP contribution in [0.25, 0.3) is 0 Å². The van der Waals surface area contributed by atoms with Crippen molar-refractivity contribution in [2.24, 2.45) is 0 Å². The van der Waals surface area contributed by atoms with Gasteiger partial charge in [-0.15, -0.1) is 0 Å². The van der Waals surface area contributed by atoms with E-state index in [0.29, 0.717) is 17.8 Å². The van der Waals surface area contributed by atoms with E-state index in [1.54, 1.807) is 24.3 Å². The number of carboxylic acid groups (broad SMARTS) is 1. The van der Waals surface area contributed by atoms with Gasteiger partial charge in [0.1, 0.15) is 17.8 Å². The molecule has 0 aliphatic rings. The van der Waals surface area contributed by atoms with Crippen LogP contribution >= 0.6 is 7.82 Å². The fraction of sp³-hybridized carbons (Fsp3) is 0.395. The van der Waals surface area contributed by atoms with Crippen molar-refractivity contribution in [3.05, 3.63) is 113 Å². The molecule has 2 atom stereocenters. The van der Waals surface area contributed by atoms with E-state index in [9.17, 15) is 24.1 Å². The van der Waals surface area contributed by atoms with Crippen molar-refractivity contribution in [3.8, 4) is 5.75 Å². The predicted octanol–water partition coefficient (Wildman–Crippen LogP) is 7.27. The van der Waals surface area contributed by atoms with E-state index < -0.39 is 37.7 Å². The minimum atomic E-state index is -4.10. The molecule has 0 aliphatic carbocycles. The van der Waals surface area contributed by atoms with Gasteiger partial charge in [-0.05, 0) is 41.7 Å². The van der Waals surface area contributed by atoms with Gasteiger partial charge in [-0.1, -0.05) is 111 Å². The number of hydrogen-bond donors (Lipinski definition) is 3. The number of carbonyl (C=O) groups is 3. The Labute approximate surface area is 304 Å². The van der Waals surface area contributed by atoms with E-state index in [0.717, 1.165) is 43.2 Å². The molecule has 1 aromatic heterocycles. The summed E-state index contributed by atoms with van der Waals surface area (Å²) < 4.78 is 36.5. The number of amides is 2. The van der Waals surface area contributed by atoms with Gasteiger partial charge in [-0.2, -0.15) is 4.98 Å². The highest BCUT2D eigenvalue weighted by Gasteiger charge is 2.30. The first-order valence-corrected chi connectivity index (χ1v) is 19.0. The Balaban J connectivity index is 1.43. The fourth-order valence-electron chi connectivity index (χ4n) is 5.25. The smallest absolute Gasteiger partial charge is 0.481 e. The average Bonchev–Trinajstić information content (AvgIpc) is 3.61. The van der Waals surface area contributed by atoms with Gasteiger partial charge in [-0.25, -0.2) is 4.57 Å². The van der Waals surface area contributed by atoms with Gasteiger partial charge in [0.15, 0.2) is 5.82 Å². The summed E-state index contributed by atoms with van der Waals surface area (Å²) in [4.78, 5) is 41.5. The standard InChI is InChI=1S/C38H47N4O9P/c1-3-4-5-6-13-18-35-41-38(50-42-35)33(23-24-36(44)45)40-37(46)34(39-28(2)43)25-29-19-21-32(22-20-29)51-52(47,48-26-30-14-9-7-10-15-30)49-27-31-16-11-8-12-17-31/h7-12,14-17,19-22,33-34H,3-6,13,18,23-27H2,1-2H3,(H,39,43)(H,40,46)(H,44,45)/t33-,34-/m0/s1. The molecule has 278 valence electrons. The summed E-state index contributed by atoms with van der Waals surface area (Å²) in [5.74, 6) is -1.23. The lowest BCUT2D eigenvalue weighted by Crippen LogP contribution is -2.48. The second-order valence-electron chi connectivity index (χ2n) is 12.4. The first kappa shape index (κ1) is 39.9. The normalized spacial score (nSPS) is 12.5. The molecule has 0 saturated heterocycles. The van der Waals surface area contributed by atoms with Crippen molar-refractivity contribution in [2.75, 3.05) is 0 Å². The lowest BCUT2D eigenvalue weighted by atomic mass is 10.0. The molecule has 0 radical (unpaired) electrons. The number of nitrogens with zero attached hydrogens (tertiary/aromatic N) is 2. The quantitative estimate of drug-likeness (QED) is 0.0515. The topological polar surface area (TPSA) is 179 Å². The molecule has 2 amide bonds. The molecule has 0 spiro atoms. The summed E-state index contributed by atoms with van der Waals surface area (Å²) in [7, 11) is -4.10. The van der Waals surface area contributed by atoms with Gasteiger partial charge in [0.05, 0.1) is 13.2 Å². The Hall–Kier alpha value is -4.84. The zero-order valence-corrected chi connectivity index (χ0v) is 30.5. The molecule has 14 heteroatoms. The Bertz CT molecular complexity index is 1690. The van der Waals surface area contributed by atoms with Crippen molar-refractivity contribution >= 4 is 25.6 Å². The number of benzene rings is 3. The SMILES string of the molecule is CCCCCCCc1noc([C@H](CCC(=O)O)NC(=O)[C@H](Cc2ccc(OP(=O)(OCc3ccccc3)OCc3ccccc3)cc2)NC(C)=O)n1. The number of phosphoric ester groups is 1. The van der Waals surface area contributed by atoms with Crippen LogP contribution in [0.2, 0.25) is 0 Å². The van der Waals surface area contributed by atoms with Crippen LogP contribution in [0.5, 0.6) is 5.75 Å². The van der Waals surface area contributed by atoms with Crippen LogP contribution in [-0.2, 0) is 54.1 Å². The van der Waals surface area contributed by atoms with Crippen molar-refractivity contribution in [2.45, 2.75) is 96.9 Å². The number of hydrogen-bond acceptors (Lipinski definition) is 10. The molecule has 3 N–H and O–H groups in total. The van der Waals surface area contributed by atoms with Crippen LogP contribution in [0, 0.1) is 0 Å². The van der Waals surface area contributed by atoms with Crippen LogP contribution in [0.1, 0.15) is 93.2 Å². The number of aliphatic carboxylic acids is 1. The van der Waals surface area contributed by atoms with E-state index in [2.05, 4.69) is 27.7 Å². The zero-order valence-electron chi connectivity index (χ0n) is 29.6. The second-order valence-corrected chi connectivity index (χ2v) is 14.0. The Morgan fingerprint density at radius 1 is 0.827 bits per heavy atom. The lowest BCUT2D eigenvalue weighted by Gasteiger charge is -2.21. The largest absolute Gasteiger partial charge is 0.530 e. The summed E-state index contributed by atoms with van der Waals surface area (Å²) in [6.07, 6.45) is 5.78. The molecule has 0 bridgehead atoms. The number of carboxylic acids is 1. The highest BCUT2D eigenvalue weighted by Crippen LogP contribution is 2.51. The van der Waals surface area contributed by atoms with Gasteiger partial charge >= 0.3 is 13.8 Å². The van der Waals surface area contributed by atoms with Gasteiger partial charge in [0.2, 0.25) is 17.7 Å². The van der Waals surface area contributed by atoms with Crippen molar-refractivity contribution in [3.63, 3.8) is 0 Å². The minimum absolute atomic E-state index is 0.00406. The Morgan fingerprint density at radius 3 is 2.02 bits per heavy atom. The maximum atomic E-state index is 13.8. The molecule has 13 nitrogen and oxygen atoms in total. The van der Waals surface area contributed by atoms with Crippen molar-refractivity contribution in [1.82, 2.24) is 20.8 Å². The summed E-state index contributed by atoms with van der Waals surface area (Å²) in [5, 5.41) is 18.8. The first-order chi connectivity index (χ1) is 25.1. The van der Waals surface area contributed by atoms with E-state index in [-0.39, 0.29) is 44.1 Å². The van der Waals surface area contributed by atoms with Crippen LogP contribution in [-0.4, -0.2) is 39.1 Å². The van der Waals surface area contributed by atoms with Crippen LogP contribution in [0.4, 0.5) is 0 Å². The van der Waals surface area contributed by atoms with Crippen LogP contribution < -0.4 is 15.2 Å². The molecular weight excluding hydrogens is 687 g/mol. The summed E-state index contributed by atoms with van der Waals surface area (Å²) in [5.41, 5.74) is 2.22. The molecule has 52 heavy (non-hydrogen) atoms. The fourth-order valence-corrected chi connectivity index (χ4v) is 6.42. The Morgan fingerprint density at radius 2 is 1.44 bits per heavy atom. The summed E-state index contributed by atoms with van der Waals surface area (Å²) in [6.45, 7) is 3.44. The highest BCUT2D eigenvalue weighted by atomic mass is 31.2. The van der Waals surface area contributed by atoms with Gasteiger partial charge < -0.3 is 24.8 Å². The lowest BCUT2D eigenvalue weighted by molar-refractivity contribution is -0.137. The number of aryl methyl sites for hydroxylation is 1. The van der Waals surface area contributed by atoms with E-state index in [4.69, 9.17) is 18.1 Å². The molecule has 3 aromatic carbocycles. The number of rotatable bonds is 23. The van der Waals surface area contributed by atoms with E-state index >= 15 is 0 Å². The maximum absolute atomic E-state index is 13.8. The highest BCUT2D eigenvalue weighted by molar-refractivity contribution is 7.48. The molecule has 0 aliphatic heterocycles. The Kier molecular flexibility index (Phi) is 16.0. The summed E-state index contributed by atoms with van der Waals surface area (Å²) >= 11 is 0. The zero-order chi connectivity index (χ0) is 37.2. The van der Waals surface area contributed by atoms with Gasteiger partial charge in [0, 0.05) is 26.2 Å². The number of unbranched alkanes of at least 4 members (excludes halogenated alkanes) is 4. The monoisotopic (exact) mass is 734 g/mol. The first-order valence-electron chi connectivity index (χ1n) is 17.5. The minimum Gasteiger partial charge on any atom is -0.481 e. The number of carbonyl (C=O) groups excluding carboxylic acids is 2. The van der Waals surface area contributed by atoms with Gasteiger partial charge in [0.25, 0.3) is 0 Å². The number of phosphoric acid groups is 1. The maximum Gasteiger partial charge on any atom is 0.530 e. The molecule has 0 unspecified atom stereocenters. The van der Waals surface area contributed by atoms with Gasteiger partial charge in [-0.3, -0.25) is 23.4 Å². The van der Waals surface area contributed by atoms with E-state index in [1.165, 1.54) is 6.92 Å². The summed E-state index contributed by atoms with van der Waals surface area (Å²) in [6, 6.07) is 23.0. The number of aromatic nitrogens is 2. The van der Waals surface area contributed by atoms with Crippen LogP contribution in [0.3, 0.4) is 0 Å². The molecule has 0 fully saturated rings.